The van der Waals surface area contributed by atoms with Gasteiger partial charge >= 0.3 is 0 Å². The number of nitrogens with zero attached hydrogens (tertiary/aromatic N) is 1. The molecule has 0 spiro atoms. The van der Waals surface area contributed by atoms with E-state index >= 15 is 0 Å². The van der Waals surface area contributed by atoms with E-state index in [2.05, 4.69) is 9.71 Å². The van der Waals surface area contributed by atoms with Crippen LogP contribution in [0.25, 0.3) is 0 Å². The van der Waals surface area contributed by atoms with E-state index < -0.39 is 10.0 Å². The molecule has 108 valence electrons. The van der Waals surface area contributed by atoms with Gasteiger partial charge in [0.2, 0.25) is 10.0 Å². The summed E-state index contributed by atoms with van der Waals surface area (Å²) >= 11 is 7.41. The average Bonchev–Trinajstić information content (AvgIpc) is 2.92. The Hall–Kier alpha value is -0.990. The highest BCUT2D eigenvalue weighted by atomic mass is 35.5. The Bertz CT molecular complexity index is 672. The van der Waals surface area contributed by atoms with Crippen molar-refractivity contribution in [3.05, 3.63) is 45.4 Å². The lowest BCUT2D eigenvalue weighted by Gasteiger charge is -2.08. The lowest BCUT2D eigenvalue weighted by Crippen LogP contribution is -2.26. The number of benzene rings is 1. The van der Waals surface area contributed by atoms with E-state index in [9.17, 15) is 8.42 Å². The van der Waals surface area contributed by atoms with Crippen molar-refractivity contribution >= 4 is 33.0 Å². The first-order valence-corrected chi connectivity index (χ1v) is 8.63. The second kappa shape index (κ2) is 6.64. The largest absolute Gasteiger partial charge is 0.326 e. The molecule has 2 rings (SSSR count). The molecule has 5 nitrogen and oxygen atoms in total. The molecule has 8 heteroatoms. The summed E-state index contributed by atoms with van der Waals surface area (Å²) in [4.78, 5) is 4.27. The zero-order valence-corrected chi connectivity index (χ0v) is 12.9. The van der Waals surface area contributed by atoms with E-state index in [4.69, 9.17) is 17.3 Å². The van der Waals surface area contributed by atoms with Gasteiger partial charge < -0.3 is 5.73 Å². The predicted octanol–water partition coefficient (Wildman–Crippen LogP) is 1.78. The van der Waals surface area contributed by atoms with Crippen LogP contribution in [-0.2, 0) is 23.0 Å². The minimum atomic E-state index is -3.55. The normalized spacial score (nSPS) is 11.7. The van der Waals surface area contributed by atoms with Crippen LogP contribution in [0.2, 0.25) is 5.02 Å². The first-order valence-electron chi connectivity index (χ1n) is 5.89. The zero-order chi connectivity index (χ0) is 14.6. The topological polar surface area (TPSA) is 85.1 Å². The molecule has 0 bridgehead atoms. The van der Waals surface area contributed by atoms with Crippen molar-refractivity contribution < 1.29 is 8.42 Å². The van der Waals surface area contributed by atoms with Gasteiger partial charge in [-0.05, 0) is 23.8 Å². The quantitative estimate of drug-likeness (QED) is 0.845. The summed E-state index contributed by atoms with van der Waals surface area (Å²) in [6.07, 6.45) is 2.26. The van der Waals surface area contributed by atoms with E-state index in [0.29, 0.717) is 23.6 Å². The van der Waals surface area contributed by atoms with E-state index in [1.54, 1.807) is 12.3 Å². The summed E-state index contributed by atoms with van der Waals surface area (Å²) in [6.45, 7) is 0.498. The van der Waals surface area contributed by atoms with Gasteiger partial charge in [-0.3, -0.25) is 0 Å². The number of sulfonamides is 1. The van der Waals surface area contributed by atoms with Crippen LogP contribution in [0.5, 0.6) is 0 Å². The number of hydrogen-bond donors (Lipinski definition) is 2. The number of thiazole rings is 1. The molecule has 0 fully saturated rings. The summed E-state index contributed by atoms with van der Waals surface area (Å²) < 4.78 is 26.8. The molecular formula is C12H14ClN3O2S2. The Balaban J connectivity index is 2.06. The molecule has 3 N–H and O–H groups in total. The van der Waals surface area contributed by atoms with Crippen LogP contribution in [0.1, 0.15) is 10.6 Å². The molecule has 0 unspecified atom stereocenters. The van der Waals surface area contributed by atoms with Gasteiger partial charge in [0.25, 0.3) is 0 Å². The second-order valence-corrected chi connectivity index (χ2v) is 7.18. The summed E-state index contributed by atoms with van der Waals surface area (Å²) in [6, 6.07) is 4.50. The molecular weight excluding hydrogens is 318 g/mol. The zero-order valence-electron chi connectivity index (χ0n) is 10.5. The minimum Gasteiger partial charge on any atom is -0.326 e. The molecule has 2 aromatic rings. The standard InChI is InChI=1S/C12H14ClN3O2S2/c13-11-2-1-10(7-9(11)8-14)20(17,18)16-4-3-12-15-5-6-19-12/h1-2,5-7,16H,3-4,8,14H2. The van der Waals surface area contributed by atoms with Crippen molar-refractivity contribution in [3.8, 4) is 0 Å². The molecule has 1 heterocycles. The van der Waals surface area contributed by atoms with E-state index in [1.807, 2.05) is 5.38 Å². The van der Waals surface area contributed by atoms with Crippen molar-refractivity contribution in [3.63, 3.8) is 0 Å². The van der Waals surface area contributed by atoms with Crippen LogP contribution in [0.4, 0.5) is 0 Å². The minimum absolute atomic E-state index is 0.168. The van der Waals surface area contributed by atoms with Crippen LogP contribution in [0.15, 0.2) is 34.7 Å². The molecule has 1 aromatic heterocycles. The number of nitrogens with two attached hydrogens (primary N) is 1. The third-order valence-corrected chi connectivity index (χ3v) is 5.33. The van der Waals surface area contributed by atoms with Crippen LogP contribution in [0, 0.1) is 0 Å². The third kappa shape index (κ3) is 3.77. The van der Waals surface area contributed by atoms with Crippen molar-refractivity contribution in [2.45, 2.75) is 17.9 Å². The maximum absolute atomic E-state index is 12.1. The molecule has 0 aliphatic heterocycles. The molecule has 0 saturated carbocycles. The average molecular weight is 332 g/mol. The van der Waals surface area contributed by atoms with Gasteiger partial charge in [-0.1, -0.05) is 11.6 Å². The Labute approximate surface area is 126 Å². The molecule has 0 amide bonds. The third-order valence-electron chi connectivity index (χ3n) is 2.66. The molecule has 0 saturated heterocycles. The molecule has 0 atom stereocenters. The summed E-state index contributed by atoms with van der Waals surface area (Å²) in [5, 5.41) is 3.22. The number of hydrogen-bond acceptors (Lipinski definition) is 5. The molecule has 0 aliphatic rings. The van der Waals surface area contributed by atoms with E-state index in [0.717, 1.165) is 5.01 Å². The van der Waals surface area contributed by atoms with Crippen LogP contribution in [-0.4, -0.2) is 19.9 Å². The SMILES string of the molecule is NCc1cc(S(=O)(=O)NCCc2nccs2)ccc1Cl. The lowest BCUT2D eigenvalue weighted by atomic mass is 10.2. The van der Waals surface area contributed by atoms with Gasteiger partial charge in [0.1, 0.15) is 0 Å². The van der Waals surface area contributed by atoms with Crippen molar-refractivity contribution in [2.24, 2.45) is 5.73 Å². The lowest BCUT2D eigenvalue weighted by molar-refractivity contribution is 0.581. The van der Waals surface area contributed by atoms with Gasteiger partial charge in [0, 0.05) is 36.1 Å². The number of rotatable bonds is 6. The number of nitrogens with one attached hydrogen (secondary N) is 1. The van der Waals surface area contributed by atoms with Crippen molar-refractivity contribution in [2.75, 3.05) is 6.54 Å². The smallest absolute Gasteiger partial charge is 0.240 e. The monoisotopic (exact) mass is 331 g/mol. The maximum atomic E-state index is 12.1. The highest BCUT2D eigenvalue weighted by molar-refractivity contribution is 7.89. The Morgan fingerprint density at radius 3 is 2.85 bits per heavy atom. The fourth-order valence-corrected chi connectivity index (χ4v) is 3.52. The molecule has 20 heavy (non-hydrogen) atoms. The van der Waals surface area contributed by atoms with Crippen molar-refractivity contribution in [1.82, 2.24) is 9.71 Å². The van der Waals surface area contributed by atoms with Crippen molar-refractivity contribution in [1.29, 1.82) is 0 Å². The molecule has 0 radical (unpaired) electrons. The molecule has 1 aromatic carbocycles. The fraction of sp³-hybridized carbons (Fsp3) is 0.250. The fourth-order valence-electron chi connectivity index (χ4n) is 1.63. The second-order valence-electron chi connectivity index (χ2n) is 4.03. The number of aromatic nitrogens is 1. The van der Waals surface area contributed by atoms with Gasteiger partial charge in [0.15, 0.2) is 0 Å². The van der Waals surface area contributed by atoms with Crippen LogP contribution < -0.4 is 10.5 Å². The van der Waals surface area contributed by atoms with Crippen LogP contribution >= 0.6 is 22.9 Å². The summed E-state index contributed by atoms with van der Waals surface area (Å²) in [5.74, 6) is 0. The number of halogens is 1. The Kier molecular flexibility index (Phi) is 5.11. The molecule has 0 aliphatic carbocycles. The summed E-state index contributed by atoms with van der Waals surface area (Å²) in [5.41, 5.74) is 6.13. The predicted molar refractivity (Wildman–Crippen MR) is 80.3 cm³/mol. The van der Waals surface area contributed by atoms with Gasteiger partial charge in [0.05, 0.1) is 9.90 Å². The Morgan fingerprint density at radius 2 is 2.20 bits per heavy atom. The van der Waals surface area contributed by atoms with E-state index in [-0.39, 0.29) is 11.4 Å². The van der Waals surface area contributed by atoms with Gasteiger partial charge in [-0.15, -0.1) is 11.3 Å². The van der Waals surface area contributed by atoms with Gasteiger partial charge in [-0.25, -0.2) is 18.1 Å². The highest BCUT2D eigenvalue weighted by Crippen LogP contribution is 2.20. The maximum Gasteiger partial charge on any atom is 0.240 e. The first kappa shape index (κ1) is 15.4. The Morgan fingerprint density at radius 1 is 1.40 bits per heavy atom. The highest BCUT2D eigenvalue weighted by Gasteiger charge is 2.15. The first-order chi connectivity index (χ1) is 9.53. The van der Waals surface area contributed by atoms with Crippen LogP contribution in [0.3, 0.4) is 0 Å². The summed E-state index contributed by atoms with van der Waals surface area (Å²) in [7, 11) is -3.55. The van der Waals surface area contributed by atoms with Gasteiger partial charge in [-0.2, -0.15) is 0 Å². The van der Waals surface area contributed by atoms with E-state index in [1.165, 1.54) is 23.5 Å².